The van der Waals surface area contributed by atoms with E-state index in [-0.39, 0.29) is 5.92 Å². The van der Waals surface area contributed by atoms with E-state index in [0.29, 0.717) is 0 Å². The summed E-state index contributed by atoms with van der Waals surface area (Å²) in [5, 5.41) is 0. The Labute approximate surface area is 88.1 Å². The third-order valence-corrected chi connectivity index (χ3v) is 2.67. The summed E-state index contributed by atoms with van der Waals surface area (Å²) in [5.41, 5.74) is 0.238. The summed E-state index contributed by atoms with van der Waals surface area (Å²) in [4.78, 5) is 0. The number of halogens is 3. The van der Waals surface area contributed by atoms with Crippen molar-refractivity contribution in [3.63, 3.8) is 0 Å². The van der Waals surface area contributed by atoms with Crippen molar-refractivity contribution in [3.05, 3.63) is 35.4 Å². The molecule has 1 aromatic rings. The van der Waals surface area contributed by atoms with E-state index in [1.54, 1.807) is 6.07 Å². The second kappa shape index (κ2) is 4.69. The second-order valence-corrected chi connectivity index (χ2v) is 3.64. The van der Waals surface area contributed by atoms with Crippen LogP contribution in [0.2, 0.25) is 0 Å². The molecule has 0 spiro atoms. The molecule has 1 aromatic carbocycles. The number of hydrogen-bond donors (Lipinski definition) is 0. The molecule has 0 atom stereocenters. The first kappa shape index (κ1) is 12.1. The van der Waals surface area contributed by atoms with Gasteiger partial charge in [-0.25, -0.2) is 0 Å². The molecule has 0 aliphatic rings. The minimum atomic E-state index is -4.23. The molecule has 0 aliphatic heterocycles. The highest BCUT2D eigenvalue weighted by Crippen LogP contribution is 2.32. The van der Waals surface area contributed by atoms with E-state index in [0.717, 1.165) is 24.5 Å². The summed E-state index contributed by atoms with van der Waals surface area (Å²) in [7, 11) is 0. The number of benzene rings is 1. The molecule has 3 heteroatoms. The second-order valence-electron chi connectivity index (χ2n) is 3.64. The maximum absolute atomic E-state index is 12.4. The smallest absolute Gasteiger partial charge is 0.166 e. The third kappa shape index (κ3) is 2.98. The zero-order valence-corrected chi connectivity index (χ0v) is 8.93. The monoisotopic (exact) mass is 216 g/mol. The molecule has 0 nitrogen and oxygen atoms in total. The van der Waals surface area contributed by atoms with E-state index < -0.39 is 11.7 Å². The van der Waals surface area contributed by atoms with Gasteiger partial charge in [-0.1, -0.05) is 32.0 Å². The number of alkyl halides is 3. The molecular weight excluding hydrogens is 201 g/mol. The largest absolute Gasteiger partial charge is 0.416 e. The summed E-state index contributed by atoms with van der Waals surface area (Å²) in [6, 6.07) is 5.63. The molecule has 0 N–H and O–H groups in total. The highest BCUT2D eigenvalue weighted by atomic mass is 19.4. The molecule has 0 unspecified atom stereocenters. The van der Waals surface area contributed by atoms with Crippen LogP contribution >= 0.6 is 0 Å². The first-order valence-corrected chi connectivity index (χ1v) is 5.16. The molecule has 1 rings (SSSR count). The van der Waals surface area contributed by atoms with Crippen LogP contribution in [0.4, 0.5) is 13.2 Å². The Balaban J connectivity index is 3.02. The lowest BCUT2D eigenvalue weighted by atomic mass is 9.93. The molecule has 0 aliphatic carbocycles. The predicted molar refractivity (Wildman–Crippen MR) is 54.8 cm³/mol. The number of hydrogen-bond acceptors (Lipinski definition) is 0. The third-order valence-electron chi connectivity index (χ3n) is 2.67. The Morgan fingerprint density at radius 1 is 1.13 bits per heavy atom. The van der Waals surface area contributed by atoms with Crippen LogP contribution in [0.25, 0.3) is 0 Å². The average molecular weight is 216 g/mol. The van der Waals surface area contributed by atoms with Crippen molar-refractivity contribution in [1.82, 2.24) is 0 Å². The van der Waals surface area contributed by atoms with Crippen molar-refractivity contribution in [1.29, 1.82) is 0 Å². The molecule has 15 heavy (non-hydrogen) atoms. The highest BCUT2D eigenvalue weighted by Gasteiger charge is 2.30. The maximum atomic E-state index is 12.4. The van der Waals surface area contributed by atoms with Gasteiger partial charge in [0.15, 0.2) is 0 Å². The fourth-order valence-corrected chi connectivity index (χ4v) is 1.73. The first-order valence-electron chi connectivity index (χ1n) is 5.16. The number of rotatable bonds is 3. The molecule has 0 bridgehead atoms. The van der Waals surface area contributed by atoms with Gasteiger partial charge in [-0.2, -0.15) is 13.2 Å². The Morgan fingerprint density at radius 3 is 2.20 bits per heavy atom. The normalized spacial score (nSPS) is 12.1. The van der Waals surface area contributed by atoms with Crippen molar-refractivity contribution in [2.24, 2.45) is 0 Å². The van der Waals surface area contributed by atoms with Crippen LogP contribution in [0.3, 0.4) is 0 Å². The standard InChI is InChI=1S/C12H15F3/c1-3-9(4-2)10-6-5-7-11(8-10)12(13,14)15/h5-9H,3-4H2,1-2H3. The molecule has 0 fully saturated rings. The SMILES string of the molecule is CCC(CC)c1cccc(C(F)(F)F)c1. The van der Waals surface area contributed by atoms with Crippen LogP contribution < -0.4 is 0 Å². The minimum absolute atomic E-state index is 0.229. The Morgan fingerprint density at radius 2 is 1.73 bits per heavy atom. The zero-order chi connectivity index (χ0) is 11.5. The summed E-state index contributed by atoms with van der Waals surface area (Å²) >= 11 is 0. The van der Waals surface area contributed by atoms with E-state index in [1.165, 1.54) is 12.1 Å². The molecule has 0 saturated heterocycles. The van der Waals surface area contributed by atoms with Crippen LogP contribution in [0.5, 0.6) is 0 Å². The summed E-state index contributed by atoms with van der Waals surface area (Å²) in [6.45, 7) is 3.99. The van der Waals surface area contributed by atoms with Crippen LogP contribution in [0.15, 0.2) is 24.3 Å². The predicted octanol–water partition coefficient (Wildman–Crippen LogP) is 4.61. The van der Waals surface area contributed by atoms with Crippen LogP contribution in [-0.4, -0.2) is 0 Å². The molecular formula is C12H15F3. The Bertz CT molecular complexity index is 311. The van der Waals surface area contributed by atoms with E-state index in [2.05, 4.69) is 0 Å². The van der Waals surface area contributed by atoms with E-state index in [4.69, 9.17) is 0 Å². The van der Waals surface area contributed by atoms with Gasteiger partial charge in [0.2, 0.25) is 0 Å². The van der Waals surface area contributed by atoms with E-state index in [1.807, 2.05) is 13.8 Å². The summed E-state index contributed by atoms with van der Waals surface area (Å²) in [5.74, 6) is 0.229. The Hall–Kier alpha value is -0.990. The molecule has 0 saturated carbocycles. The van der Waals surface area contributed by atoms with Gasteiger partial charge < -0.3 is 0 Å². The first-order chi connectivity index (χ1) is 6.99. The van der Waals surface area contributed by atoms with Gasteiger partial charge in [0.05, 0.1) is 5.56 Å². The minimum Gasteiger partial charge on any atom is -0.166 e. The van der Waals surface area contributed by atoms with Gasteiger partial charge in [0, 0.05) is 0 Å². The fraction of sp³-hybridized carbons (Fsp3) is 0.500. The van der Waals surface area contributed by atoms with Gasteiger partial charge in [0.1, 0.15) is 0 Å². The highest BCUT2D eigenvalue weighted by molar-refractivity contribution is 5.28. The van der Waals surface area contributed by atoms with Crippen molar-refractivity contribution in [3.8, 4) is 0 Å². The fourth-order valence-electron chi connectivity index (χ4n) is 1.73. The van der Waals surface area contributed by atoms with Crippen LogP contribution in [0, 0.1) is 0 Å². The quantitative estimate of drug-likeness (QED) is 0.692. The topological polar surface area (TPSA) is 0 Å². The molecule has 0 heterocycles. The van der Waals surface area contributed by atoms with Crippen molar-refractivity contribution in [2.75, 3.05) is 0 Å². The summed E-state index contributed by atoms with van der Waals surface area (Å²) < 4.78 is 37.3. The van der Waals surface area contributed by atoms with E-state index >= 15 is 0 Å². The van der Waals surface area contributed by atoms with Gasteiger partial charge in [-0.15, -0.1) is 0 Å². The average Bonchev–Trinajstić information content (AvgIpc) is 2.19. The maximum Gasteiger partial charge on any atom is 0.416 e. The lowest BCUT2D eigenvalue weighted by Gasteiger charge is -2.15. The molecule has 0 amide bonds. The van der Waals surface area contributed by atoms with Gasteiger partial charge >= 0.3 is 6.18 Å². The lowest BCUT2D eigenvalue weighted by molar-refractivity contribution is -0.137. The zero-order valence-electron chi connectivity index (χ0n) is 8.93. The lowest BCUT2D eigenvalue weighted by Crippen LogP contribution is -2.06. The van der Waals surface area contributed by atoms with Gasteiger partial charge in [0.25, 0.3) is 0 Å². The Kier molecular flexibility index (Phi) is 3.77. The van der Waals surface area contributed by atoms with Crippen molar-refractivity contribution >= 4 is 0 Å². The van der Waals surface area contributed by atoms with Crippen LogP contribution in [-0.2, 0) is 6.18 Å². The molecule has 0 radical (unpaired) electrons. The summed E-state index contributed by atoms with van der Waals surface area (Å²) in [6.07, 6.45) is -2.49. The van der Waals surface area contributed by atoms with Gasteiger partial charge in [-0.3, -0.25) is 0 Å². The van der Waals surface area contributed by atoms with Crippen molar-refractivity contribution in [2.45, 2.75) is 38.8 Å². The van der Waals surface area contributed by atoms with Crippen molar-refractivity contribution < 1.29 is 13.2 Å². The molecule has 0 aromatic heterocycles. The van der Waals surface area contributed by atoms with E-state index in [9.17, 15) is 13.2 Å². The van der Waals surface area contributed by atoms with Crippen LogP contribution in [0.1, 0.15) is 43.7 Å². The van der Waals surface area contributed by atoms with Gasteiger partial charge in [-0.05, 0) is 30.4 Å². The molecule has 84 valence electrons.